The zero-order chi connectivity index (χ0) is 14.1. The molecule has 1 unspecified atom stereocenters. The van der Waals surface area contributed by atoms with E-state index in [0.29, 0.717) is 11.8 Å². The molecule has 2 nitrogen and oxygen atoms in total. The second kappa shape index (κ2) is 5.45. The molecule has 1 aliphatic rings. The zero-order valence-corrected chi connectivity index (χ0v) is 12.7. The van der Waals surface area contributed by atoms with Gasteiger partial charge in [-0.1, -0.05) is 31.2 Å². The van der Waals surface area contributed by atoms with E-state index in [1.54, 1.807) is 0 Å². The van der Waals surface area contributed by atoms with E-state index < -0.39 is 0 Å². The number of nitrogens with zero attached hydrogens (tertiary/aromatic N) is 2. The molecule has 2 heterocycles. The normalized spacial score (nSPS) is 17.9. The monoisotopic (exact) mass is 286 g/mol. The van der Waals surface area contributed by atoms with E-state index in [4.69, 9.17) is 16.6 Å². The molecule has 2 aromatic rings. The molecule has 0 aliphatic carbocycles. The molecule has 0 spiro atoms. The molecule has 3 rings (SSSR count). The molecule has 0 saturated carbocycles. The summed E-state index contributed by atoms with van der Waals surface area (Å²) in [6, 6.07) is 12.8. The predicted octanol–water partition coefficient (Wildman–Crippen LogP) is 4.46. The predicted molar refractivity (Wildman–Crippen MR) is 84.8 cm³/mol. The number of rotatable bonds is 2. The van der Waals surface area contributed by atoms with Crippen molar-refractivity contribution in [1.29, 1.82) is 0 Å². The van der Waals surface area contributed by atoms with Crippen molar-refractivity contribution in [2.75, 3.05) is 11.4 Å². The van der Waals surface area contributed by atoms with E-state index in [-0.39, 0.29) is 0 Å². The van der Waals surface area contributed by atoms with Gasteiger partial charge in [0.05, 0.1) is 0 Å². The van der Waals surface area contributed by atoms with Crippen LogP contribution in [0.2, 0.25) is 0 Å². The third-order valence-electron chi connectivity index (χ3n) is 3.95. The Morgan fingerprint density at radius 1 is 1.25 bits per heavy atom. The number of anilines is 2. The van der Waals surface area contributed by atoms with Gasteiger partial charge in [-0.3, -0.25) is 0 Å². The topological polar surface area (TPSA) is 16.1 Å². The van der Waals surface area contributed by atoms with E-state index in [0.717, 1.165) is 30.0 Å². The van der Waals surface area contributed by atoms with Gasteiger partial charge in [0.2, 0.25) is 0 Å². The molecule has 0 amide bonds. The maximum absolute atomic E-state index is 5.92. The van der Waals surface area contributed by atoms with Gasteiger partial charge >= 0.3 is 0 Å². The SMILES string of the molecule is Cc1nc(N2CC(C)Cc3ccccc32)ccc1CCl. The van der Waals surface area contributed by atoms with Crippen molar-refractivity contribution in [2.45, 2.75) is 26.1 Å². The first-order valence-corrected chi connectivity index (χ1v) is 7.60. The minimum Gasteiger partial charge on any atom is -0.326 e. The maximum atomic E-state index is 5.92. The molecule has 3 heteroatoms. The van der Waals surface area contributed by atoms with Crippen LogP contribution in [-0.2, 0) is 12.3 Å². The van der Waals surface area contributed by atoms with Crippen molar-refractivity contribution in [3.63, 3.8) is 0 Å². The van der Waals surface area contributed by atoms with Crippen LogP contribution < -0.4 is 4.90 Å². The standard InChI is InChI=1S/C17H19ClN2/c1-12-9-14-5-3-4-6-16(14)20(11-12)17-8-7-15(10-18)13(2)19-17/h3-8,12H,9-11H2,1-2H3. The largest absolute Gasteiger partial charge is 0.326 e. The number of fused-ring (bicyclic) bond motifs is 1. The Hall–Kier alpha value is -1.54. The van der Waals surface area contributed by atoms with Gasteiger partial charge in [-0.05, 0) is 42.5 Å². The molecule has 0 radical (unpaired) electrons. The lowest BCUT2D eigenvalue weighted by Gasteiger charge is -2.34. The van der Waals surface area contributed by atoms with Crippen molar-refractivity contribution in [3.8, 4) is 0 Å². The molecule has 20 heavy (non-hydrogen) atoms. The third kappa shape index (κ3) is 2.40. The number of hydrogen-bond donors (Lipinski definition) is 0. The van der Waals surface area contributed by atoms with Crippen LogP contribution in [0.15, 0.2) is 36.4 Å². The average molecular weight is 287 g/mol. The van der Waals surface area contributed by atoms with Crippen LogP contribution in [0.5, 0.6) is 0 Å². The molecule has 0 saturated heterocycles. The molecule has 0 bridgehead atoms. The number of aryl methyl sites for hydroxylation is 1. The van der Waals surface area contributed by atoms with E-state index in [1.807, 2.05) is 6.92 Å². The second-order valence-corrected chi connectivity index (χ2v) is 5.86. The zero-order valence-electron chi connectivity index (χ0n) is 11.9. The van der Waals surface area contributed by atoms with Crippen LogP contribution in [0, 0.1) is 12.8 Å². The fourth-order valence-corrected chi connectivity index (χ4v) is 3.16. The fraction of sp³-hybridized carbons (Fsp3) is 0.353. The molecule has 1 aromatic heterocycles. The van der Waals surface area contributed by atoms with E-state index in [2.05, 4.69) is 48.2 Å². The molecule has 0 N–H and O–H groups in total. The van der Waals surface area contributed by atoms with Crippen LogP contribution in [0.4, 0.5) is 11.5 Å². The highest BCUT2D eigenvalue weighted by Gasteiger charge is 2.23. The van der Waals surface area contributed by atoms with Gasteiger partial charge in [0.1, 0.15) is 5.82 Å². The number of hydrogen-bond acceptors (Lipinski definition) is 2. The summed E-state index contributed by atoms with van der Waals surface area (Å²) in [5.41, 5.74) is 4.82. The van der Waals surface area contributed by atoms with E-state index in [1.165, 1.54) is 11.3 Å². The number of pyridine rings is 1. The van der Waals surface area contributed by atoms with Crippen LogP contribution in [-0.4, -0.2) is 11.5 Å². The van der Waals surface area contributed by atoms with Gasteiger partial charge in [-0.25, -0.2) is 4.98 Å². The number of benzene rings is 1. The van der Waals surface area contributed by atoms with Crippen molar-refractivity contribution in [1.82, 2.24) is 4.98 Å². The van der Waals surface area contributed by atoms with Crippen LogP contribution in [0.1, 0.15) is 23.7 Å². The lowest BCUT2D eigenvalue weighted by atomic mass is 9.94. The molecular weight excluding hydrogens is 268 g/mol. The Kier molecular flexibility index (Phi) is 3.66. The van der Waals surface area contributed by atoms with Gasteiger partial charge in [0.15, 0.2) is 0 Å². The number of aromatic nitrogens is 1. The summed E-state index contributed by atoms with van der Waals surface area (Å²) >= 11 is 5.92. The first-order valence-electron chi connectivity index (χ1n) is 7.07. The molecule has 1 atom stereocenters. The summed E-state index contributed by atoms with van der Waals surface area (Å²) < 4.78 is 0. The van der Waals surface area contributed by atoms with E-state index in [9.17, 15) is 0 Å². The minimum atomic E-state index is 0.520. The Morgan fingerprint density at radius 2 is 2.05 bits per heavy atom. The third-order valence-corrected chi connectivity index (χ3v) is 4.23. The van der Waals surface area contributed by atoms with Crippen molar-refractivity contribution >= 4 is 23.1 Å². The van der Waals surface area contributed by atoms with Crippen LogP contribution in [0.3, 0.4) is 0 Å². The van der Waals surface area contributed by atoms with Crippen LogP contribution >= 0.6 is 11.6 Å². The number of alkyl halides is 1. The maximum Gasteiger partial charge on any atom is 0.133 e. The Labute approximate surface area is 125 Å². The van der Waals surface area contributed by atoms with Crippen LogP contribution in [0.25, 0.3) is 0 Å². The molecule has 104 valence electrons. The fourth-order valence-electron chi connectivity index (χ4n) is 2.88. The first-order chi connectivity index (χ1) is 9.69. The summed E-state index contributed by atoms with van der Waals surface area (Å²) in [5, 5.41) is 0. The Morgan fingerprint density at radius 3 is 2.80 bits per heavy atom. The summed E-state index contributed by atoms with van der Waals surface area (Å²) in [5.74, 6) is 2.18. The molecule has 1 aromatic carbocycles. The van der Waals surface area contributed by atoms with Gasteiger partial charge in [0, 0.05) is 23.8 Å². The minimum absolute atomic E-state index is 0.520. The summed E-state index contributed by atoms with van der Waals surface area (Å²) in [6.45, 7) is 5.34. The Balaban J connectivity index is 2.04. The van der Waals surface area contributed by atoms with Gasteiger partial charge in [0.25, 0.3) is 0 Å². The molecular formula is C17H19ClN2. The Bertz CT molecular complexity index is 624. The van der Waals surface area contributed by atoms with Crippen molar-refractivity contribution in [2.24, 2.45) is 5.92 Å². The van der Waals surface area contributed by atoms with Gasteiger partial charge < -0.3 is 4.90 Å². The van der Waals surface area contributed by atoms with Gasteiger partial charge in [-0.2, -0.15) is 0 Å². The highest BCUT2D eigenvalue weighted by molar-refractivity contribution is 6.17. The molecule has 0 fully saturated rings. The van der Waals surface area contributed by atoms with E-state index >= 15 is 0 Å². The van der Waals surface area contributed by atoms with Crippen molar-refractivity contribution < 1.29 is 0 Å². The number of para-hydroxylation sites is 1. The summed E-state index contributed by atoms with van der Waals surface area (Å²) in [7, 11) is 0. The average Bonchev–Trinajstić information content (AvgIpc) is 2.46. The lowest BCUT2D eigenvalue weighted by molar-refractivity contribution is 0.560. The smallest absolute Gasteiger partial charge is 0.133 e. The molecule has 1 aliphatic heterocycles. The highest BCUT2D eigenvalue weighted by atomic mass is 35.5. The van der Waals surface area contributed by atoms with Gasteiger partial charge in [-0.15, -0.1) is 11.6 Å². The summed E-state index contributed by atoms with van der Waals surface area (Å²) in [6.07, 6.45) is 1.14. The quantitative estimate of drug-likeness (QED) is 0.758. The number of halogens is 1. The lowest BCUT2D eigenvalue weighted by Crippen LogP contribution is -2.31. The first kappa shape index (κ1) is 13.4. The summed E-state index contributed by atoms with van der Waals surface area (Å²) in [4.78, 5) is 7.07. The second-order valence-electron chi connectivity index (χ2n) is 5.60. The van der Waals surface area contributed by atoms with Crippen molar-refractivity contribution in [3.05, 3.63) is 53.2 Å². The highest BCUT2D eigenvalue weighted by Crippen LogP contribution is 2.34.